The van der Waals surface area contributed by atoms with Gasteiger partial charge in [0.15, 0.2) is 5.13 Å². The fraction of sp³-hybridized carbons (Fsp3) is 0.417. The molecule has 0 fully saturated rings. The van der Waals surface area contributed by atoms with Gasteiger partial charge in [-0.1, -0.05) is 43.7 Å². The number of hydrogen-bond acceptors (Lipinski definition) is 6. The molecule has 7 nitrogen and oxygen atoms in total. The van der Waals surface area contributed by atoms with E-state index in [1.807, 2.05) is 57.1 Å². The standard InChI is InChI=1S/C24H32N4O3S2/c1-5-7-16-27(6-2)33(30,31)20-14-12-19(13-15-20)23(29)28(18-17-26(3)4)24-25-21-10-8-9-11-22(21)32-24/h8-15H,5-7,16-18H2,1-4H3. The van der Waals surface area contributed by atoms with E-state index in [-0.39, 0.29) is 10.8 Å². The van der Waals surface area contributed by atoms with Gasteiger partial charge < -0.3 is 4.90 Å². The van der Waals surface area contributed by atoms with Gasteiger partial charge in [0, 0.05) is 31.7 Å². The van der Waals surface area contributed by atoms with Crippen molar-refractivity contribution >= 4 is 42.6 Å². The molecule has 0 saturated carbocycles. The smallest absolute Gasteiger partial charge is 0.260 e. The first-order chi connectivity index (χ1) is 15.8. The molecule has 3 rings (SSSR count). The number of nitrogens with zero attached hydrogens (tertiary/aromatic N) is 4. The van der Waals surface area contributed by atoms with Crippen molar-refractivity contribution in [1.29, 1.82) is 0 Å². The van der Waals surface area contributed by atoms with Gasteiger partial charge in [0.25, 0.3) is 5.91 Å². The Morgan fingerprint density at radius 2 is 1.67 bits per heavy atom. The maximum Gasteiger partial charge on any atom is 0.260 e. The van der Waals surface area contributed by atoms with Crippen molar-refractivity contribution in [1.82, 2.24) is 14.2 Å². The molecule has 0 aliphatic heterocycles. The number of aromatic nitrogens is 1. The molecule has 0 radical (unpaired) electrons. The van der Waals surface area contributed by atoms with E-state index in [2.05, 4.69) is 4.98 Å². The van der Waals surface area contributed by atoms with Crippen LogP contribution in [-0.2, 0) is 10.0 Å². The SMILES string of the molecule is CCCCN(CC)S(=O)(=O)c1ccc(C(=O)N(CCN(C)C)c2nc3ccccc3s2)cc1. The number of likely N-dealkylation sites (N-methyl/N-ethyl adjacent to an activating group) is 1. The monoisotopic (exact) mass is 488 g/mol. The summed E-state index contributed by atoms with van der Waals surface area (Å²) in [5, 5.41) is 0.636. The van der Waals surface area contributed by atoms with E-state index < -0.39 is 10.0 Å². The van der Waals surface area contributed by atoms with Crippen LogP contribution in [0.3, 0.4) is 0 Å². The first kappa shape index (κ1) is 25.3. The lowest BCUT2D eigenvalue weighted by molar-refractivity contribution is 0.0985. The largest absolute Gasteiger partial charge is 0.308 e. The van der Waals surface area contributed by atoms with E-state index in [9.17, 15) is 13.2 Å². The third kappa shape index (κ3) is 5.97. The van der Waals surface area contributed by atoms with Crippen LogP contribution in [0.1, 0.15) is 37.0 Å². The summed E-state index contributed by atoms with van der Waals surface area (Å²) in [5.74, 6) is -0.196. The van der Waals surface area contributed by atoms with E-state index in [1.165, 1.54) is 27.8 Å². The Kier molecular flexibility index (Phi) is 8.58. The van der Waals surface area contributed by atoms with Crippen LogP contribution >= 0.6 is 11.3 Å². The average Bonchev–Trinajstić information content (AvgIpc) is 3.23. The van der Waals surface area contributed by atoms with E-state index in [0.717, 1.165) is 23.1 Å². The van der Waals surface area contributed by atoms with Crippen molar-refractivity contribution in [3.8, 4) is 0 Å². The van der Waals surface area contributed by atoms with E-state index >= 15 is 0 Å². The zero-order valence-corrected chi connectivity index (χ0v) is 21.3. The van der Waals surface area contributed by atoms with Crippen molar-refractivity contribution in [2.45, 2.75) is 31.6 Å². The molecule has 0 unspecified atom stereocenters. The lowest BCUT2D eigenvalue weighted by Gasteiger charge is -2.23. The van der Waals surface area contributed by atoms with E-state index in [4.69, 9.17) is 0 Å². The topological polar surface area (TPSA) is 73.8 Å². The summed E-state index contributed by atoms with van der Waals surface area (Å²) in [6.07, 6.45) is 1.74. The zero-order chi connectivity index (χ0) is 24.0. The van der Waals surface area contributed by atoms with Gasteiger partial charge in [-0.15, -0.1) is 0 Å². The molecular weight excluding hydrogens is 456 g/mol. The maximum absolute atomic E-state index is 13.4. The predicted molar refractivity (Wildman–Crippen MR) is 136 cm³/mol. The summed E-state index contributed by atoms with van der Waals surface area (Å²) >= 11 is 1.47. The van der Waals surface area contributed by atoms with Gasteiger partial charge in [0.1, 0.15) is 0 Å². The lowest BCUT2D eigenvalue weighted by Crippen LogP contribution is -2.36. The molecule has 0 saturated heterocycles. The summed E-state index contributed by atoms with van der Waals surface area (Å²) in [4.78, 5) is 22.0. The molecule has 0 spiro atoms. The molecular formula is C24H32N4O3S2. The Morgan fingerprint density at radius 1 is 0.970 bits per heavy atom. The maximum atomic E-state index is 13.4. The van der Waals surface area contributed by atoms with Gasteiger partial charge in [0.05, 0.1) is 15.1 Å². The predicted octanol–water partition coefficient (Wildman–Crippen LogP) is 4.32. The number of anilines is 1. The van der Waals surface area contributed by atoms with Crippen molar-refractivity contribution in [3.05, 3.63) is 54.1 Å². The van der Waals surface area contributed by atoms with E-state index in [1.54, 1.807) is 17.0 Å². The quantitative estimate of drug-likeness (QED) is 0.402. The molecule has 1 aromatic heterocycles. The van der Waals surface area contributed by atoms with Gasteiger partial charge in [0.2, 0.25) is 10.0 Å². The number of benzene rings is 2. The van der Waals surface area contributed by atoms with Crippen LogP contribution in [-0.4, -0.2) is 68.8 Å². The lowest BCUT2D eigenvalue weighted by atomic mass is 10.2. The Morgan fingerprint density at radius 3 is 2.27 bits per heavy atom. The fourth-order valence-corrected chi connectivity index (χ4v) is 5.89. The molecule has 0 atom stereocenters. The first-order valence-electron chi connectivity index (χ1n) is 11.2. The molecule has 33 heavy (non-hydrogen) atoms. The summed E-state index contributed by atoms with van der Waals surface area (Å²) in [5.41, 5.74) is 1.29. The Hall–Kier alpha value is -2.33. The van der Waals surface area contributed by atoms with Crippen LogP contribution in [0.25, 0.3) is 10.2 Å². The molecule has 0 aliphatic carbocycles. The highest BCUT2D eigenvalue weighted by molar-refractivity contribution is 7.89. The van der Waals surface area contributed by atoms with Crippen LogP contribution < -0.4 is 4.90 Å². The minimum Gasteiger partial charge on any atom is -0.308 e. The number of hydrogen-bond donors (Lipinski definition) is 0. The summed E-state index contributed by atoms with van der Waals surface area (Å²) in [7, 11) is 0.328. The summed E-state index contributed by atoms with van der Waals surface area (Å²) in [6.45, 7) is 5.94. The van der Waals surface area contributed by atoms with Crippen molar-refractivity contribution in [3.63, 3.8) is 0 Å². The van der Waals surface area contributed by atoms with Crippen LogP contribution in [0.5, 0.6) is 0 Å². The van der Waals surface area contributed by atoms with Gasteiger partial charge in [-0.25, -0.2) is 13.4 Å². The molecule has 0 aliphatic rings. The highest BCUT2D eigenvalue weighted by Gasteiger charge is 2.25. The van der Waals surface area contributed by atoms with Gasteiger partial charge in [-0.05, 0) is 56.9 Å². The minimum atomic E-state index is -3.59. The van der Waals surface area contributed by atoms with E-state index in [0.29, 0.717) is 36.9 Å². The van der Waals surface area contributed by atoms with Crippen molar-refractivity contribution < 1.29 is 13.2 Å². The summed E-state index contributed by atoms with van der Waals surface area (Å²) in [6, 6.07) is 14.0. The molecule has 1 amide bonds. The molecule has 0 N–H and O–H groups in total. The summed E-state index contributed by atoms with van der Waals surface area (Å²) < 4.78 is 28.5. The highest BCUT2D eigenvalue weighted by Crippen LogP contribution is 2.29. The van der Waals surface area contributed by atoms with Crippen LogP contribution in [0, 0.1) is 0 Å². The average molecular weight is 489 g/mol. The minimum absolute atomic E-state index is 0.196. The molecule has 1 heterocycles. The number of rotatable bonds is 11. The number of unbranched alkanes of at least 4 members (excludes halogenated alkanes) is 1. The zero-order valence-electron chi connectivity index (χ0n) is 19.7. The number of thiazole rings is 1. The third-order valence-electron chi connectivity index (χ3n) is 5.38. The van der Waals surface area contributed by atoms with Crippen molar-refractivity contribution in [2.24, 2.45) is 0 Å². The van der Waals surface area contributed by atoms with Gasteiger partial charge >= 0.3 is 0 Å². The number of fused-ring (bicyclic) bond motifs is 1. The normalized spacial score (nSPS) is 12.1. The van der Waals surface area contributed by atoms with Gasteiger partial charge in [-0.2, -0.15) is 4.31 Å². The number of amides is 1. The fourth-order valence-electron chi connectivity index (χ4n) is 3.42. The number of sulfonamides is 1. The van der Waals surface area contributed by atoms with Crippen molar-refractivity contribution in [2.75, 3.05) is 45.2 Å². The van der Waals surface area contributed by atoms with Crippen LogP contribution in [0.2, 0.25) is 0 Å². The number of carbonyl (C=O) groups excluding carboxylic acids is 1. The number of para-hydroxylation sites is 1. The second-order valence-corrected chi connectivity index (χ2v) is 11.0. The molecule has 0 bridgehead atoms. The second kappa shape index (κ2) is 11.2. The molecule has 2 aromatic carbocycles. The Balaban J connectivity index is 1.88. The van der Waals surface area contributed by atoms with Crippen LogP contribution in [0.15, 0.2) is 53.4 Å². The Labute approximate surface area is 200 Å². The molecule has 178 valence electrons. The Bertz CT molecular complexity index is 1140. The second-order valence-electron chi connectivity index (χ2n) is 8.10. The third-order valence-corrected chi connectivity index (χ3v) is 8.43. The number of carbonyl (C=O) groups is 1. The first-order valence-corrected chi connectivity index (χ1v) is 13.5. The van der Waals surface area contributed by atoms with Gasteiger partial charge in [-0.3, -0.25) is 9.69 Å². The van der Waals surface area contributed by atoms with Crippen LogP contribution in [0.4, 0.5) is 5.13 Å². The molecule has 3 aromatic rings. The highest BCUT2D eigenvalue weighted by atomic mass is 32.2. The molecule has 9 heteroatoms.